The third-order valence-electron chi connectivity index (χ3n) is 18.1. The van der Waals surface area contributed by atoms with Crippen molar-refractivity contribution >= 4 is 115 Å². The number of aromatic nitrogens is 12. The molecule has 0 radical (unpaired) electrons. The summed E-state index contributed by atoms with van der Waals surface area (Å²) in [5.41, 5.74) is 9.71. The van der Waals surface area contributed by atoms with Crippen LogP contribution in [0, 0.1) is 23.3 Å². The van der Waals surface area contributed by atoms with Crippen molar-refractivity contribution in [2.45, 2.75) is 52.9 Å². The number of carbonyl (C=O) groups excluding carboxylic acids is 1. The van der Waals surface area contributed by atoms with Crippen LogP contribution < -0.4 is 60.2 Å². The van der Waals surface area contributed by atoms with Gasteiger partial charge >= 0.3 is 0 Å². The molecule has 0 fully saturated rings. The number of halogens is 8. The van der Waals surface area contributed by atoms with E-state index in [0.717, 1.165) is 16.7 Å². The maximum absolute atomic E-state index is 14.1. The van der Waals surface area contributed by atoms with Gasteiger partial charge in [-0.1, -0.05) is 73.6 Å². The monoisotopic (exact) mass is 1540 g/mol. The molecule has 3 atom stereocenters. The highest BCUT2D eigenvalue weighted by molar-refractivity contribution is 6.33. The number of fused-ring (bicyclic) bond motifs is 8. The van der Waals surface area contributed by atoms with Crippen LogP contribution in [-0.4, -0.2) is 138 Å². The Balaban J connectivity index is 0.000000133. The van der Waals surface area contributed by atoms with Crippen LogP contribution >= 0.6 is 46.4 Å². The molecule has 5 N–H and O–H groups in total. The number of nitrogens with zero attached hydrogens (tertiary/aromatic N) is 15. The topological polar surface area (TPSA) is 245 Å². The second-order valence-corrected chi connectivity index (χ2v) is 26.3. The van der Waals surface area contributed by atoms with E-state index < -0.39 is 23.3 Å². The largest absolute Gasteiger partial charge is 0.491 e. The molecular formula is C74H74Cl4F4N20O5. The maximum Gasteiger partial charge on any atom is 0.256 e. The predicted molar refractivity (Wildman–Crippen MR) is 408 cm³/mol. The Bertz CT molecular complexity index is 5220. The highest BCUT2D eigenvalue weighted by Crippen LogP contribution is 2.42. The van der Waals surface area contributed by atoms with E-state index in [9.17, 15) is 22.4 Å². The van der Waals surface area contributed by atoms with Crippen molar-refractivity contribution in [3.05, 3.63) is 230 Å². The van der Waals surface area contributed by atoms with Crippen LogP contribution in [0.15, 0.2) is 142 Å². The van der Waals surface area contributed by atoms with E-state index in [4.69, 9.17) is 75.3 Å². The van der Waals surface area contributed by atoms with Gasteiger partial charge in [0.1, 0.15) is 102 Å². The van der Waals surface area contributed by atoms with Gasteiger partial charge in [0.25, 0.3) is 5.91 Å². The zero-order valence-corrected chi connectivity index (χ0v) is 61.1. The number of nitrogens with one attached hydrogen (secondary N) is 5. The van der Waals surface area contributed by atoms with Crippen LogP contribution in [-0.2, 0) is 6.54 Å². The van der Waals surface area contributed by atoms with Gasteiger partial charge in [0.05, 0.1) is 86.2 Å². The molecule has 25 nitrogen and oxygen atoms in total. The molecule has 8 bridgehead atoms. The van der Waals surface area contributed by atoms with E-state index in [2.05, 4.69) is 76.7 Å². The second-order valence-electron chi connectivity index (χ2n) is 24.8. The van der Waals surface area contributed by atoms with Gasteiger partial charge in [-0.25, -0.2) is 55.6 Å². The molecule has 556 valence electrons. The van der Waals surface area contributed by atoms with E-state index in [1.165, 1.54) is 41.0 Å². The molecule has 107 heavy (non-hydrogen) atoms. The molecule has 0 saturated heterocycles. The van der Waals surface area contributed by atoms with E-state index in [1.54, 1.807) is 86.8 Å². The molecular weight excluding hydrogens is 1470 g/mol. The molecule has 2 unspecified atom stereocenters. The van der Waals surface area contributed by atoms with Crippen molar-refractivity contribution in [2.24, 2.45) is 0 Å². The van der Waals surface area contributed by atoms with E-state index in [-0.39, 0.29) is 64.7 Å². The van der Waals surface area contributed by atoms with Gasteiger partial charge in [0.2, 0.25) is 0 Å². The minimum Gasteiger partial charge on any atom is -0.491 e. The molecule has 0 saturated carbocycles. The van der Waals surface area contributed by atoms with Crippen molar-refractivity contribution in [3.63, 3.8) is 0 Å². The van der Waals surface area contributed by atoms with E-state index >= 15 is 0 Å². The minimum absolute atomic E-state index is 0. The average molecular weight is 1540 g/mol. The van der Waals surface area contributed by atoms with Crippen LogP contribution in [0.5, 0.6) is 23.0 Å². The number of hydrogen-bond acceptors (Lipinski definition) is 20. The van der Waals surface area contributed by atoms with Crippen LogP contribution in [0.4, 0.5) is 40.8 Å². The highest BCUT2D eigenvalue weighted by Gasteiger charge is 2.29. The number of amides is 1. The zero-order valence-electron chi connectivity index (χ0n) is 58.0. The first kappa shape index (κ1) is 75.4. The van der Waals surface area contributed by atoms with Crippen LogP contribution in [0.25, 0.3) is 39.7 Å². The standard InChI is InChI=1S/2C19H19ClFN5O.C18H17ClFN5O.C17H15ClFN5O2.CH4/c2*1-11-13-10-23-26-8-6-16(24-19(13)26)25(3)12(2)17-15(27-9-7-22-11)5-4-14(21)18(17)20;1-10-12-9-22-25-7-5-15(24-18(12)25)23-11(2)16-14(26-8-6-21-10)4-3-13(20)17(16)19;1-23-9-11-13(3-2-12(19)15(11)18)26-7-5-20-17(25)10-8-21-24-6-4-14(23)22-16(10)24;/h2*4-6,8,10,12,22H,1,7,9H2,2-3H3;3-5,7,9,11,21H,1,6,8H2,2H3,(H,23,24);2-4,6,8H,5,7,9H2,1H3,(H,20,25);1H4/t12-;;;;/m1..../s1. The molecule has 4 aromatic carbocycles. The molecule has 0 spiro atoms. The lowest BCUT2D eigenvalue weighted by Crippen LogP contribution is -2.28. The number of carbonyl (C=O) groups is 1. The summed E-state index contributed by atoms with van der Waals surface area (Å²) >= 11 is 25.0. The second kappa shape index (κ2) is 32.2. The normalized spacial score (nSPS) is 16.7. The van der Waals surface area contributed by atoms with Gasteiger partial charge in [0.15, 0.2) is 22.6 Å². The van der Waals surface area contributed by atoms with Crippen molar-refractivity contribution in [1.29, 1.82) is 0 Å². The average Bonchev–Trinajstić information content (AvgIpc) is 1.70. The number of benzene rings is 4. The Morgan fingerprint density at radius 1 is 0.439 bits per heavy atom. The smallest absolute Gasteiger partial charge is 0.256 e. The molecule has 16 rings (SSSR count). The fraction of sp³-hybridized carbons (Fsp3) is 0.257. The Morgan fingerprint density at radius 2 is 0.785 bits per heavy atom. The summed E-state index contributed by atoms with van der Waals surface area (Å²) in [5, 5.41) is 32.9. The van der Waals surface area contributed by atoms with Gasteiger partial charge in [-0.15, -0.1) is 0 Å². The molecule has 8 aromatic heterocycles. The fourth-order valence-electron chi connectivity index (χ4n) is 12.2. The van der Waals surface area contributed by atoms with Crippen LogP contribution in [0.3, 0.4) is 0 Å². The Morgan fingerprint density at radius 3 is 1.24 bits per heavy atom. The Hall–Kier alpha value is -11.3. The molecule has 4 aliphatic heterocycles. The quantitative estimate of drug-likeness (QED) is 0.0886. The lowest BCUT2D eigenvalue weighted by atomic mass is 10.1. The summed E-state index contributed by atoms with van der Waals surface area (Å²) in [5.74, 6) is 2.50. The summed E-state index contributed by atoms with van der Waals surface area (Å²) in [7, 11) is 5.58. The predicted octanol–water partition coefficient (Wildman–Crippen LogP) is 13.9. The van der Waals surface area contributed by atoms with E-state index in [0.29, 0.717) is 160 Å². The highest BCUT2D eigenvalue weighted by atomic mass is 35.5. The number of hydrogen-bond donors (Lipinski definition) is 5. The summed E-state index contributed by atoms with van der Waals surface area (Å²) in [6.45, 7) is 21.4. The van der Waals surface area contributed by atoms with Gasteiger partial charge < -0.3 is 60.2 Å². The first-order valence-electron chi connectivity index (χ1n) is 33.3. The number of anilines is 4. The molecule has 12 aromatic rings. The first-order chi connectivity index (χ1) is 51.0. The van der Waals surface area contributed by atoms with Crippen molar-refractivity contribution in [1.82, 2.24) is 79.7 Å². The number of rotatable bonds is 0. The van der Waals surface area contributed by atoms with Crippen molar-refractivity contribution in [3.8, 4) is 23.0 Å². The third-order valence-corrected chi connectivity index (χ3v) is 19.7. The summed E-state index contributed by atoms with van der Waals surface area (Å²) in [6.07, 6.45) is 13.8. The zero-order chi connectivity index (χ0) is 74.8. The van der Waals surface area contributed by atoms with Crippen molar-refractivity contribution in [2.75, 3.05) is 93.8 Å². The van der Waals surface area contributed by atoms with Crippen LogP contribution in [0.1, 0.15) is 95.6 Å². The minimum atomic E-state index is -0.512. The van der Waals surface area contributed by atoms with Gasteiger partial charge in [-0.2, -0.15) is 20.4 Å². The summed E-state index contributed by atoms with van der Waals surface area (Å²) in [4.78, 5) is 36.7. The molecule has 33 heteroatoms. The molecule has 12 heterocycles. The SMILES string of the molecule is C.C=C1NCCOc2ccc(F)c(Cl)c2C(C)N(C)c2ccn3ncc1c3n2.C=C1NCCOc2ccc(F)c(Cl)c2C(C)Nc2ccn3ncc1c3n2.C=C1NCCOc2ccc(F)c(Cl)c2[C@@H](C)N(C)c2ccn3ncc1c3n2.CN1Cc2c(ccc(F)c2Cl)OCCNC(=O)c2cnn3ccc1nc23. The first-order valence-corrected chi connectivity index (χ1v) is 34.8. The molecule has 0 aliphatic carbocycles. The van der Waals surface area contributed by atoms with Gasteiger partial charge in [-0.3, -0.25) is 4.79 Å². The lowest BCUT2D eigenvalue weighted by molar-refractivity contribution is 0.0948. The van der Waals surface area contributed by atoms with Crippen LogP contribution in [0.2, 0.25) is 20.1 Å². The summed E-state index contributed by atoms with van der Waals surface area (Å²) in [6, 6.07) is 18.0. The van der Waals surface area contributed by atoms with Gasteiger partial charge in [-0.05, 0) is 93.6 Å². The molecule has 1 amide bonds. The maximum atomic E-state index is 14.1. The lowest BCUT2D eigenvalue weighted by Gasteiger charge is -2.28. The van der Waals surface area contributed by atoms with Crippen molar-refractivity contribution < 1.29 is 41.3 Å². The third kappa shape index (κ3) is 15.6. The Labute approximate surface area is 632 Å². The Kier molecular flexibility index (Phi) is 22.7. The number of ether oxygens (including phenoxy) is 4. The van der Waals surface area contributed by atoms with Gasteiger partial charge in [0, 0.05) is 111 Å². The fourth-order valence-corrected chi connectivity index (χ4v) is 13.3. The van der Waals surface area contributed by atoms with E-state index in [1.807, 2.05) is 69.2 Å². The summed E-state index contributed by atoms with van der Waals surface area (Å²) < 4.78 is 86.2. The molecule has 4 aliphatic rings.